The van der Waals surface area contributed by atoms with Gasteiger partial charge in [0.1, 0.15) is 12.0 Å². The Morgan fingerprint density at radius 3 is 2.47 bits per heavy atom. The molecule has 0 spiro atoms. The molecule has 9 nitrogen and oxygen atoms in total. The third-order valence-electron chi connectivity index (χ3n) is 5.79. The molecule has 1 saturated heterocycles. The van der Waals surface area contributed by atoms with Gasteiger partial charge in [-0.15, -0.1) is 0 Å². The summed E-state index contributed by atoms with van der Waals surface area (Å²) >= 11 is 0. The lowest BCUT2D eigenvalue weighted by Gasteiger charge is -2.35. The lowest BCUT2D eigenvalue weighted by Crippen LogP contribution is -2.49. The maximum absolute atomic E-state index is 12.4. The normalized spacial score (nSPS) is 16.3. The van der Waals surface area contributed by atoms with Crippen molar-refractivity contribution in [3.8, 4) is 5.75 Å². The van der Waals surface area contributed by atoms with Crippen molar-refractivity contribution < 1.29 is 19.1 Å². The molecule has 1 fully saturated rings. The van der Waals surface area contributed by atoms with Crippen LogP contribution in [0, 0.1) is 0 Å². The van der Waals surface area contributed by atoms with Gasteiger partial charge in [-0.1, -0.05) is 13.8 Å². The highest BCUT2D eigenvalue weighted by atomic mass is 16.5. The second kappa shape index (κ2) is 12.0. The number of aliphatic hydroxyl groups excluding tert-OH is 1. The quantitative estimate of drug-likeness (QED) is 0.540. The minimum Gasteiger partial charge on any atom is -0.497 e. The van der Waals surface area contributed by atoms with Crippen LogP contribution in [0.3, 0.4) is 0 Å². The van der Waals surface area contributed by atoms with E-state index in [1.54, 1.807) is 31.4 Å². The van der Waals surface area contributed by atoms with Gasteiger partial charge in [-0.25, -0.2) is 4.98 Å². The first kappa shape index (κ1) is 24.2. The SMILES string of the molecule is CCN(CC)C[C@H](O)CN1CCN(Cc2nc(C(=O)Nc3ccc(OC)cc3)co2)CC1. The zero-order valence-electron chi connectivity index (χ0n) is 19.3. The Balaban J connectivity index is 1.42. The molecule has 2 N–H and O–H groups in total. The molecule has 2 heterocycles. The van der Waals surface area contributed by atoms with Gasteiger partial charge in [-0.05, 0) is 37.4 Å². The van der Waals surface area contributed by atoms with Crippen molar-refractivity contribution in [2.24, 2.45) is 0 Å². The molecule has 1 atom stereocenters. The lowest BCUT2D eigenvalue weighted by atomic mass is 10.2. The van der Waals surface area contributed by atoms with Crippen molar-refractivity contribution >= 4 is 11.6 Å². The fourth-order valence-corrected chi connectivity index (χ4v) is 3.81. The van der Waals surface area contributed by atoms with Crippen LogP contribution in [0.1, 0.15) is 30.2 Å². The molecule has 0 aliphatic carbocycles. The Bertz CT molecular complexity index is 829. The van der Waals surface area contributed by atoms with Crippen LogP contribution in [-0.2, 0) is 6.54 Å². The molecular formula is C23H35N5O4. The summed E-state index contributed by atoms with van der Waals surface area (Å²) in [5.41, 5.74) is 0.925. The lowest BCUT2D eigenvalue weighted by molar-refractivity contribution is 0.0491. The number of hydrogen-bond acceptors (Lipinski definition) is 8. The molecule has 0 unspecified atom stereocenters. The number of hydrogen-bond donors (Lipinski definition) is 2. The molecule has 0 saturated carbocycles. The fraction of sp³-hybridized carbons (Fsp3) is 0.565. The zero-order valence-corrected chi connectivity index (χ0v) is 19.3. The number of rotatable bonds is 11. The second-order valence-corrected chi connectivity index (χ2v) is 8.03. The van der Waals surface area contributed by atoms with Crippen molar-refractivity contribution in [1.82, 2.24) is 19.7 Å². The molecule has 176 valence electrons. The Kier molecular flexibility index (Phi) is 9.04. The molecule has 9 heteroatoms. The Morgan fingerprint density at radius 1 is 1.19 bits per heavy atom. The zero-order chi connectivity index (χ0) is 22.9. The number of oxazole rings is 1. The van der Waals surface area contributed by atoms with E-state index < -0.39 is 0 Å². The van der Waals surface area contributed by atoms with Gasteiger partial charge in [-0.3, -0.25) is 14.6 Å². The molecule has 0 bridgehead atoms. The summed E-state index contributed by atoms with van der Waals surface area (Å²) in [4.78, 5) is 23.6. The van der Waals surface area contributed by atoms with Crippen molar-refractivity contribution in [2.45, 2.75) is 26.5 Å². The van der Waals surface area contributed by atoms with Gasteiger partial charge < -0.3 is 24.5 Å². The Hall–Kier alpha value is -2.46. The van der Waals surface area contributed by atoms with E-state index in [1.165, 1.54) is 6.26 Å². The van der Waals surface area contributed by atoms with Crippen molar-refractivity contribution in [3.63, 3.8) is 0 Å². The highest BCUT2D eigenvalue weighted by molar-refractivity contribution is 6.02. The van der Waals surface area contributed by atoms with E-state index in [4.69, 9.17) is 9.15 Å². The first-order chi connectivity index (χ1) is 15.5. The third-order valence-corrected chi connectivity index (χ3v) is 5.79. The van der Waals surface area contributed by atoms with Gasteiger partial charge in [0.25, 0.3) is 5.91 Å². The first-order valence-electron chi connectivity index (χ1n) is 11.3. The van der Waals surface area contributed by atoms with Crippen LogP contribution < -0.4 is 10.1 Å². The summed E-state index contributed by atoms with van der Waals surface area (Å²) < 4.78 is 10.7. The van der Waals surface area contributed by atoms with Crippen LogP contribution in [0.25, 0.3) is 0 Å². The van der Waals surface area contributed by atoms with Gasteiger partial charge in [-0.2, -0.15) is 0 Å². The number of carbonyl (C=O) groups is 1. The number of likely N-dealkylation sites (N-methyl/N-ethyl adjacent to an activating group) is 1. The first-order valence-corrected chi connectivity index (χ1v) is 11.3. The predicted octanol–water partition coefficient (Wildman–Crippen LogP) is 1.76. The van der Waals surface area contributed by atoms with Crippen LogP contribution >= 0.6 is 0 Å². The predicted molar refractivity (Wildman–Crippen MR) is 123 cm³/mol. The van der Waals surface area contributed by atoms with E-state index in [0.717, 1.165) is 45.0 Å². The number of nitrogens with one attached hydrogen (secondary N) is 1. The highest BCUT2D eigenvalue weighted by Crippen LogP contribution is 2.16. The molecular weight excluding hydrogens is 410 g/mol. The molecule has 1 aromatic carbocycles. The van der Waals surface area contributed by atoms with Gasteiger partial charge >= 0.3 is 0 Å². The number of ether oxygens (including phenoxy) is 1. The molecule has 1 amide bonds. The van der Waals surface area contributed by atoms with Crippen LogP contribution in [0.2, 0.25) is 0 Å². The highest BCUT2D eigenvalue weighted by Gasteiger charge is 2.22. The molecule has 0 radical (unpaired) electrons. The number of nitrogens with zero attached hydrogens (tertiary/aromatic N) is 4. The van der Waals surface area contributed by atoms with E-state index in [9.17, 15) is 9.90 Å². The standard InChI is InChI=1S/C23H35N5O4/c1-4-26(5-2)14-19(29)15-27-10-12-28(13-11-27)16-22-25-21(17-32-22)23(30)24-18-6-8-20(31-3)9-7-18/h6-9,17,19,29H,4-5,10-16H2,1-3H3,(H,24,30)/t19-/m0/s1. The smallest absolute Gasteiger partial charge is 0.277 e. The number of aliphatic hydroxyl groups is 1. The molecule has 32 heavy (non-hydrogen) atoms. The Labute approximate surface area is 190 Å². The average Bonchev–Trinajstić information content (AvgIpc) is 3.28. The Morgan fingerprint density at radius 2 is 1.84 bits per heavy atom. The number of anilines is 1. The molecule has 2 aromatic rings. The van der Waals surface area contributed by atoms with E-state index in [0.29, 0.717) is 31.2 Å². The summed E-state index contributed by atoms with van der Waals surface area (Å²) in [7, 11) is 1.60. The second-order valence-electron chi connectivity index (χ2n) is 8.03. The summed E-state index contributed by atoms with van der Waals surface area (Å²) in [6.07, 6.45) is 1.06. The van der Waals surface area contributed by atoms with Crippen molar-refractivity contribution in [2.75, 3.05) is 64.8 Å². The minimum absolute atomic E-state index is 0.258. The van der Waals surface area contributed by atoms with Crippen LogP contribution in [0.5, 0.6) is 5.75 Å². The summed E-state index contributed by atoms with van der Waals surface area (Å²) in [5.74, 6) is 0.947. The molecule has 3 rings (SSSR count). The average molecular weight is 446 g/mol. The van der Waals surface area contributed by atoms with Gasteiger partial charge in [0.15, 0.2) is 5.69 Å². The van der Waals surface area contributed by atoms with Crippen LogP contribution in [-0.4, -0.2) is 96.3 Å². The number of carbonyl (C=O) groups excluding carboxylic acids is 1. The van der Waals surface area contributed by atoms with E-state index in [2.05, 4.69) is 38.8 Å². The number of benzene rings is 1. The monoisotopic (exact) mass is 445 g/mol. The summed E-state index contributed by atoms with van der Waals surface area (Å²) in [6.45, 7) is 11.6. The minimum atomic E-state index is -0.333. The maximum atomic E-state index is 12.4. The molecule has 1 aromatic heterocycles. The van der Waals surface area contributed by atoms with Crippen LogP contribution in [0.4, 0.5) is 5.69 Å². The number of aromatic nitrogens is 1. The van der Waals surface area contributed by atoms with Gasteiger partial charge in [0.2, 0.25) is 5.89 Å². The fourth-order valence-electron chi connectivity index (χ4n) is 3.81. The van der Waals surface area contributed by atoms with E-state index in [1.807, 2.05) is 0 Å². The van der Waals surface area contributed by atoms with Gasteiger partial charge in [0.05, 0.1) is 19.8 Å². The number of piperazine rings is 1. The van der Waals surface area contributed by atoms with Crippen molar-refractivity contribution in [3.05, 3.63) is 42.1 Å². The van der Waals surface area contributed by atoms with Crippen molar-refractivity contribution in [1.29, 1.82) is 0 Å². The largest absolute Gasteiger partial charge is 0.497 e. The van der Waals surface area contributed by atoms with Gasteiger partial charge in [0, 0.05) is 45.0 Å². The van der Waals surface area contributed by atoms with Crippen LogP contribution in [0.15, 0.2) is 34.9 Å². The topological polar surface area (TPSA) is 94.3 Å². The number of β-amino-alcohol motifs (C(OH)–C–C–N with tert-alkyl or cyclic N) is 1. The molecule has 1 aliphatic heterocycles. The molecule has 1 aliphatic rings. The number of amides is 1. The van der Waals surface area contributed by atoms with E-state index >= 15 is 0 Å². The summed E-state index contributed by atoms with van der Waals surface area (Å²) in [6, 6.07) is 7.12. The van der Waals surface area contributed by atoms with E-state index in [-0.39, 0.29) is 17.7 Å². The number of methoxy groups -OCH3 is 1. The third kappa shape index (κ3) is 7.03. The summed E-state index contributed by atoms with van der Waals surface area (Å²) in [5, 5.41) is 13.2. The maximum Gasteiger partial charge on any atom is 0.277 e.